The van der Waals surface area contributed by atoms with E-state index in [-0.39, 0.29) is 15.8 Å². The van der Waals surface area contributed by atoms with Gasteiger partial charge in [-0.15, -0.1) is 0 Å². The first-order valence-corrected chi connectivity index (χ1v) is 9.79. The van der Waals surface area contributed by atoms with Crippen molar-refractivity contribution in [1.82, 2.24) is 0 Å². The lowest BCUT2D eigenvalue weighted by Crippen LogP contribution is -2.19. The quantitative estimate of drug-likeness (QED) is 0.212. The van der Waals surface area contributed by atoms with Gasteiger partial charge in [-0.3, -0.25) is 0 Å². The Hall–Kier alpha value is 0.0569. The molecule has 0 N–H and O–H groups in total. The SMILES string of the molecule is CCCOC(CC[SiH2]CCOCC1CO1)OCCC. The monoisotopic (exact) mass is 290 g/mol. The summed E-state index contributed by atoms with van der Waals surface area (Å²) in [6.07, 6.45) is 3.59. The van der Waals surface area contributed by atoms with Gasteiger partial charge in [-0.25, -0.2) is 0 Å². The number of hydrogen-bond donors (Lipinski definition) is 0. The Morgan fingerprint density at radius 1 is 1.11 bits per heavy atom. The molecule has 1 saturated heterocycles. The fraction of sp³-hybridized carbons (Fsp3) is 1.00. The van der Waals surface area contributed by atoms with E-state index in [4.69, 9.17) is 18.9 Å². The Balaban J connectivity index is 1.89. The fourth-order valence-electron chi connectivity index (χ4n) is 1.78. The number of rotatable bonds is 14. The van der Waals surface area contributed by atoms with Crippen LogP contribution in [0.4, 0.5) is 0 Å². The van der Waals surface area contributed by atoms with E-state index in [1.165, 1.54) is 12.1 Å². The van der Waals surface area contributed by atoms with Crippen LogP contribution in [-0.2, 0) is 18.9 Å². The van der Waals surface area contributed by atoms with Crippen molar-refractivity contribution >= 4 is 9.52 Å². The third-order valence-corrected chi connectivity index (χ3v) is 4.65. The summed E-state index contributed by atoms with van der Waals surface area (Å²) in [4.78, 5) is 0. The van der Waals surface area contributed by atoms with E-state index >= 15 is 0 Å². The molecule has 1 fully saturated rings. The maximum absolute atomic E-state index is 5.71. The Kier molecular flexibility index (Phi) is 10.7. The zero-order valence-corrected chi connectivity index (χ0v) is 14.0. The summed E-state index contributed by atoms with van der Waals surface area (Å²) in [5, 5.41) is 0. The molecule has 4 nitrogen and oxygen atoms in total. The van der Waals surface area contributed by atoms with Crippen LogP contribution in [0.15, 0.2) is 0 Å². The first-order valence-electron chi connectivity index (χ1n) is 7.79. The topological polar surface area (TPSA) is 40.2 Å². The summed E-state index contributed by atoms with van der Waals surface area (Å²) in [6, 6.07) is 2.53. The molecular weight excluding hydrogens is 260 g/mol. The van der Waals surface area contributed by atoms with E-state index in [1.807, 2.05) is 0 Å². The van der Waals surface area contributed by atoms with Crippen molar-refractivity contribution in [3.8, 4) is 0 Å². The minimum atomic E-state index is -0.0283. The molecule has 0 aromatic heterocycles. The third kappa shape index (κ3) is 10.5. The molecule has 0 aliphatic carbocycles. The van der Waals surface area contributed by atoms with Crippen molar-refractivity contribution < 1.29 is 18.9 Å². The van der Waals surface area contributed by atoms with Gasteiger partial charge < -0.3 is 18.9 Å². The summed E-state index contributed by atoms with van der Waals surface area (Å²) in [5.41, 5.74) is 0. The van der Waals surface area contributed by atoms with Gasteiger partial charge in [-0.05, 0) is 25.3 Å². The van der Waals surface area contributed by atoms with Crippen LogP contribution in [-0.4, -0.2) is 54.9 Å². The highest BCUT2D eigenvalue weighted by Gasteiger charge is 2.21. The minimum Gasteiger partial charge on any atom is -0.379 e. The minimum absolute atomic E-state index is 0.0215. The van der Waals surface area contributed by atoms with E-state index < -0.39 is 0 Å². The van der Waals surface area contributed by atoms with Crippen LogP contribution in [0.25, 0.3) is 0 Å². The number of hydrogen-bond acceptors (Lipinski definition) is 4. The van der Waals surface area contributed by atoms with Crippen molar-refractivity contribution in [1.29, 1.82) is 0 Å². The highest BCUT2D eigenvalue weighted by molar-refractivity contribution is 6.35. The van der Waals surface area contributed by atoms with Crippen LogP contribution < -0.4 is 0 Å². The molecular formula is C14H30O4Si. The summed E-state index contributed by atoms with van der Waals surface area (Å²) in [5.74, 6) is 0. The van der Waals surface area contributed by atoms with Crippen LogP contribution >= 0.6 is 0 Å². The lowest BCUT2D eigenvalue weighted by atomic mass is 10.4. The second kappa shape index (κ2) is 11.8. The molecule has 0 spiro atoms. The van der Waals surface area contributed by atoms with Crippen molar-refractivity contribution in [2.45, 2.75) is 57.6 Å². The molecule has 1 atom stereocenters. The molecule has 19 heavy (non-hydrogen) atoms. The van der Waals surface area contributed by atoms with Crippen LogP contribution in [0.1, 0.15) is 33.1 Å². The maximum atomic E-state index is 5.71. The van der Waals surface area contributed by atoms with E-state index in [0.29, 0.717) is 6.10 Å². The zero-order chi connectivity index (χ0) is 13.8. The average molecular weight is 290 g/mol. The lowest BCUT2D eigenvalue weighted by molar-refractivity contribution is -0.143. The standard InChI is InChI=1S/C14H30O4Si/c1-3-6-16-14(17-7-4-2)5-9-19-10-8-15-11-13-12-18-13/h13-14H,3-12,19H2,1-2H3. The molecule has 0 amide bonds. The third-order valence-electron chi connectivity index (χ3n) is 2.95. The molecule has 0 bridgehead atoms. The molecule has 1 unspecified atom stereocenters. The van der Waals surface area contributed by atoms with Gasteiger partial charge in [0.15, 0.2) is 6.29 Å². The predicted octanol–water partition coefficient (Wildman–Crippen LogP) is 1.98. The number of ether oxygens (including phenoxy) is 4. The van der Waals surface area contributed by atoms with Crippen molar-refractivity contribution in [2.24, 2.45) is 0 Å². The van der Waals surface area contributed by atoms with Gasteiger partial charge in [0, 0.05) is 29.3 Å². The predicted molar refractivity (Wildman–Crippen MR) is 79.6 cm³/mol. The van der Waals surface area contributed by atoms with Gasteiger partial charge in [0.25, 0.3) is 0 Å². The smallest absolute Gasteiger partial charge is 0.157 e. The highest BCUT2D eigenvalue weighted by Crippen LogP contribution is 2.09. The van der Waals surface area contributed by atoms with E-state index in [9.17, 15) is 0 Å². The Morgan fingerprint density at radius 3 is 2.37 bits per heavy atom. The molecule has 0 aromatic carbocycles. The molecule has 5 heteroatoms. The Morgan fingerprint density at radius 2 is 1.79 bits per heavy atom. The van der Waals surface area contributed by atoms with E-state index in [2.05, 4.69) is 13.8 Å². The summed E-state index contributed by atoms with van der Waals surface area (Å²) in [7, 11) is -0.0283. The largest absolute Gasteiger partial charge is 0.379 e. The summed E-state index contributed by atoms with van der Waals surface area (Å²) in [6.45, 7) is 8.46. The summed E-state index contributed by atoms with van der Waals surface area (Å²) < 4.78 is 22.1. The molecule has 0 radical (unpaired) electrons. The first kappa shape index (κ1) is 17.1. The summed E-state index contributed by atoms with van der Waals surface area (Å²) >= 11 is 0. The van der Waals surface area contributed by atoms with Crippen LogP contribution in [0, 0.1) is 0 Å². The lowest BCUT2D eigenvalue weighted by Gasteiger charge is -2.17. The van der Waals surface area contributed by atoms with Crippen molar-refractivity contribution in [2.75, 3.05) is 33.0 Å². The average Bonchev–Trinajstić information content (AvgIpc) is 3.24. The van der Waals surface area contributed by atoms with E-state index in [0.717, 1.165) is 52.3 Å². The Bertz CT molecular complexity index is 192. The normalized spacial score (nSPS) is 18.8. The van der Waals surface area contributed by atoms with Gasteiger partial charge in [0.1, 0.15) is 6.10 Å². The molecule has 0 aromatic rings. The van der Waals surface area contributed by atoms with Gasteiger partial charge in [0.2, 0.25) is 0 Å². The van der Waals surface area contributed by atoms with Gasteiger partial charge in [-0.2, -0.15) is 0 Å². The molecule has 1 rings (SSSR count). The van der Waals surface area contributed by atoms with Crippen LogP contribution in [0.5, 0.6) is 0 Å². The number of epoxide rings is 1. The van der Waals surface area contributed by atoms with Gasteiger partial charge >= 0.3 is 0 Å². The molecule has 0 saturated carbocycles. The van der Waals surface area contributed by atoms with Crippen LogP contribution in [0.2, 0.25) is 12.1 Å². The van der Waals surface area contributed by atoms with Crippen molar-refractivity contribution in [3.63, 3.8) is 0 Å². The molecule has 1 heterocycles. The molecule has 114 valence electrons. The molecule has 1 aliphatic heterocycles. The van der Waals surface area contributed by atoms with Gasteiger partial charge in [0.05, 0.1) is 13.2 Å². The van der Waals surface area contributed by atoms with Crippen molar-refractivity contribution in [3.05, 3.63) is 0 Å². The second-order valence-electron chi connectivity index (χ2n) is 5.05. The second-order valence-corrected chi connectivity index (χ2v) is 7.17. The highest BCUT2D eigenvalue weighted by atomic mass is 28.2. The zero-order valence-electron chi connectivity index (χ0n) is 12.6. The molecule has 1 aliphatic rings. The first-order chi connectivity index (χ1) is 9.36. The maximum Gasteiger partial charge on any atom is 0.157 e. The van der Waals surface area contributed by atoms with Crippen LogP contribution in [0.3, 0.4) is 0 Å². The van der Waals surface area contributed by atoms with E-state index in [1.54, 1.807) is 0 Å². The Labute approximate surface area is 120 Å². The fourth-order valence-corrected chi connectivity index (χ4v) is 3.17. The van der Waals surface area contributed by atoms with Gasteiger partial charge in [-0.1, -0.05) is 19.9 Å².